The highest BCUT2D eigenvalue weighted by atomic mass is 32.2. The molecular weight excluding hydrogens is 304 g/mol. The van der Waals surface area contributed by atoms with Gasteiger partial charge in [0.05, 0.1) is 10.2 Å². The third kappa shape index (κ3) is 2.85. The number of aryl methyl sites for hydroxylation is 2. The molecule has 1 N–H and O–H groups in total. The van der Waals surface area contributed by atoms with Crippen LogP contribution in [0.25, 0.3) is 10.2 Å². The number of thiophene rings is 1. The predicted octanol–water partition coefficient (Wildman–Crippen LogP) is 5.31. The number of aromatic nitrogens is 1. The Hall–Kier alpha value is -1.04. The number of benzene rings is 1. The molecule has 0 spiro atoms. The van der Waals surface area contributed by atoms with E-state index in [0.717, 1.165) is 22.1 Å². The summed E-state index contributed by atoms with van der Waals surface area (Å²) >= 11 is 5.32. The minimum atomic E-state index is 0.885. The first-order valence-corrected chi connectivity index (χ1v) is 9.26. The highest BCUT2D eigenvalue weighted by molar-refractivity contribution is 8.00. The Labute approximate surface area is 131 Å². The second-order valence-electron chi connectivity index (χ2n) is 4.66. The average molecular weight is 321 g/mol. The molecule has 1 aromatic carbocycles. The van der Waals surface area contributed by atoms with Crippen LogP contribution in [0.5, 0.6) is 0 Å². The van der Waals surface area contributed by atoms with Gasteiger partial charge < -0.3 is 5.32 Å². The van der Waals surface area contributed by atoms with Crippen LogP contribution in [0.2, 0.25) is 0 Å². The maximum absolute atomic E-state index is 4.56. The predicted molar refractivity (Wildman–Crippen MR) is 92.5 cm³/mol. The Bertz CT molecular complexity index is 743. The highest BCUT2D eigenvalue weighted by Gasteiger charge is 2.05. The summed E-state index contributed by atoms with van der Waals surface area (Å²) in [6.45, 7) is 5.23. The number of nitrogens with one attached hydrogen (secondary N) is 1. The summed E-state index contributed by atoms with van der Waals surface area (Å²) in [4.78, 5) is 7.34. The number of anilines is 1. The number of fused-ring (bicyclic) bond motifs is 1. The molecule has 20 heavy (non-hydrogen) atoms. The van der Waals surface area contributed by atoms with Crippen LogP contribution in [0.15, 0.2) is 28.6 Å². The number of rotatable bonds is 4. The van der Waals surface area contributed by atoms with Gasteiger partial charge in [0.2, 0.25) is 0 Å². The van der Waals surface area contributed by atoms with Gasteiger partial charge in [-0.2, -0.15) is 0 Å². The summed E-state index contributed by atoms with van der Waals surface area (Å²) in [5.41, 5.74) is 3.64. The summed E-state index contributed by atoms with van der Waals surface area (Å²) in [6.07, 6.45) is 2.07. The molecule has 104 valence electrons. The van der Waals surface area contributed by atoms with Gasteiger partial charge in [0.25, 0.3) is 0 Å². The second-order valence-corrected chi connectivity index (χ2v) is 8.20. The van der Waals surface area contributed by atoms with Crippen LogP contribution in [0, 0.1) is 13.8 Å². The van der Waals surface area contributed by atoms with E-state index in [4.69, 9.17) is 0 Å². The molecule has 3 rings (SSSR count). The van der Waals surface area contributed by atoms with E-state index in [-0.39, 0.29) is 0 Å². The van der Waals surface area contributed by atoms with Gasteiger partial charge in [-0.15, -0.1) is 22.7 Å². The van der Waals surface area contributed by atoms with E-state index in [1.165, 1.54) is 20.0 Å². The van der Waals surface area contributed by atoms with Crippen molar-refractivity contribution in [2.75, 3.05) is 11.6 Å². The molecule has 0 aliphatic carbocycles. The molecule has 0 amide bonds. The van der Waals surface area contributed by atoms with Crippen molar-refractivity contribution in [2.24, 2.45) is 0 Å². The number of thioether (sulfide) groups is 1. The molecule has 0 radical (unpaired) electrons. The first kappa shape index (κ1) is 13.9. The van der Waals surface area contributed by atoms with Crippen LogP contribution in [-0.4, -0.2) is 11.2 Å². The molecule has 0 fully saturated rings. The molecule has 0 aliphatic heterocycles. The third-order valence-corrected chi connectivity index (χ3v) is 6.18. The van der Waals surface area contributed by atoms with Crippen molar-refractivity contribution in [1.29, 1.82) is 0 Å². The first-order valence-electron chi connectivity index (χ1n) is 6.40. The standard InChI is InChI=1S/C15H16N2S3/c1-9-6-11(10(2)19-9)8-16-12-4-5-13-14(7-12)20-15(17-13)18-3/h4-7,16H,8H2,1-3H3. The lowest BCUT2D eigenvalue weighted by Gasteiger charge is -2.05. The van der Waals surface area contributed by atoms with Crippen LogP contribution < -0.4 is 5.32 Å². The number of hydrogen-bond donors (Lipinski definition) is 1. The fourth-order valence-corrected chi connectivity index (χ4v) is 4.63. The second kappa shape index (κ2) is 5.76. The molecule has 0 saturated carbocycles. The Kier molecular flexibility index (Phi) is 4.01. The van der Waals surface area contributed by atoms with Gasteiger partial charge in [-0.1, -0.05) is 11.8 Å². The minimum Gasteiger partial charge on any atom is -0.381 e. The summed E-state index contributed by atoms with van der Waals surface area (Å²) in [6, 6.07) is 8.67. The Morgan fingerprint density at radius 1 is 1.20 bits per heavy atom. The van der Waals surface area contributed by atoms with E-state index in [1.807, 2.05) is 11.3 Å². The lowest BCUT2D eigenvalue weighted by molar-refractivity contribution is 1.14. The Balaban J connectivity index is 1.78. The molecular formula is C15H16N2S3. The lowest BCUT2D eigenvalue weighted by atomic mass is 10.2. The van der Waals surface area contributed by atoms with Crippen molar-refractivity contribution in [3.8, 4) is 0 Å². The van der Waals surface area contributed by atoms with Gasteiger partial charge in [-0.3, -0.25) is 0 Å². The largest absolute Gasteiger partial charge is 0.381 e. The SMILES string of the molecule is CSc1nc2ccc(NCc3cc(C)sc3C)cc2s1. The third-order valence-electron chi connectivity index (χ3n) is 3.17. The zero-order valence-corrected chi connectivity index (χ0v) is 14.1. The van der Waals surface area contributed by atoms with Crippen molar-refractivity contribution < 1.29 is 0 Å². The quantitative estimate of drug-likeness (QED) is 0.660. The van der Waals surface area contributed by atoms with Gasteiger partial charge >= 0.3 is 0 Å². The average Bonchev–Trinajstić information content (AvgIpc) is 2.98. The summed E-state index contributed by atoms with van der Waals surface area (Å²) in [5, 5.41) is 3.51. The molecule has 0 aliphatic rings. The van der Waals surface area contributed by atoms with Crippen molar-refractivity contribution in [3.63, 3.8) is 0 Å². The first-order chi connectivity index (χ1) is 9.65. The van der Waals surface area contributed by atoms with Crippen LogP contribution in [0.3, 0.4) is 0 Å². The van der Waals surface area contributed by atoms with Crippen molar-refractivity contribution >= 4 is 50.3 Å². The Morgan fingerprint density at radius 2 is 2.05 bits per heavy atom. The molecule has 2 heterocycles. The lowest BCUT2D eigenvalue weighted by Crippen LogP contribution is -1.98. The van der Waals surface area contributed by atoms with Crippen LogP contribution in [-0.2, 0) is 6.54 Å². The fraction of sp³-hybridized carbons (Fsp3) is 0.267. The van der Waals surface area contributed by atoms with E-state index in [0.29, 0.717) is 0 Å². The van der Waals surface area contributed by atoms with E-state index >= 15 is 0 Å². The molecule has 0 atom stereocenters. The molecule has 5 heteroatoms. The van der Waals surface area contributed by atoms with Gasteiger partial charge in [0.15, 0.2) is 4.34 Å². The Morgan fingerprint density at radius 3 is 2.75 bits per heavy atom. The number of thiazole rings is 1. The van der Waals surface area contributed by atoms with E-state index < -0.39 is 0 Å². The zero-order valence-electron chi connectivity index (χ0n) is 11.7. The normalized spacial score (nSPS) is 11.2. The minimum absolute atomic E-state index is 0.885. The maximum Gasteiger partial charge on any atom is 0.150 e. The smallest absolute Gasteiger partial charge is 0.150 e. The van der Waals surface area contributed by atoms with Crippen molar-refractivity contribution in [3.05, 3.63) is 39.6 Å². The molecule has 2 nitrogen and oxygen atoms in total. The molecule has 3 aromatic rings. The monoisotopic (exact) mass is 320 g/mol. The fourth-order valence-electron chi connectivity index (χ4n) is 2.16. The molecule has 2 aromatic heterocycles. The van der Waals surface area contributed by atoms with Gasteiger partial charge in [-0.25, -0.2) is 4.98 Å². The van der Waals surface area contributed by atoms with Crippen LogP contribution in [0.4, 0.5) is 5.69 Å². The van der Waals surface area contributed by atoms with Crippen molar-refractivity contribution in [1.82, 2.24) is 4.98 Å². The van der Waals surface area contributed by atoms with Crippen LogP contribution >= 0.6 is 34.4 Å². The number of nitrogens with zero attached hydrogens (tertiary/aromatic N) is 1. The number of hydrogen-bond acceptors (Lipinski definition) is 5. The van der Waals surface area contributed by atoms with Crippen LogP contribution in [0.1, 0.15) is 15.3 Å². The zero-order chi connectivity index (χ0) is 14.1. The van der Waals surface area contributed by atoms with Crippen molar-refractivity contribution in [2.45, 2.75) is 24.7 Å². The maximum atomic E-state index is 4.56. The highest BCUT2D eigenvalue weighted by Crippen LogP contribution is 2.30. The van der Waals surface area contributed by atoms with Gasteiger partial charge in [0, 0.05) is 22.0 Å². The van der Waals surface area contributed by atoms with E-state index in [1.54, 1.807) is 23.1 Å². The topological polar surface area (TPSA) is 24.9 Å². The summed E-state index contributed by atoms with van der Waals surface area (Å²) < 4.78 is 2.37. The van der Waals surface area contributed by atoms with Gasteiger partial charge in [-0.05, 0) is 49.9 Å². The van der Waals surface area contributed by atoms with E-state index in [9.17, 15) is 0 Å². The molecule has 0 unspecified atom stereocenters. The molecule has 0 bridgehead atoms. The van der Waals surface area contributed by atoms with E-state index in [2.05, 4.69) is 54.7 Å². The summed E-state index contributed by atoms with van der Waals surface area (Å²) in [5.74, 6) is 0. The molecule has 0 saturated heterocycles. The van der Waals surface area contributed by atoms with Gasteiger partial charge in [0.1, 0.15) is 0 Å². The summed E-state index contributed by atoms with van der Waals surface area (Å²) in [7, 11) is 0.